The molecule has 0 radical (unpaired) electrons. The number of nitrogens with one attached hydrogen (secondary N) is 1. The lowest BCUT2D eigenvalue weighted by Gasteiger charge is -2.13. The first-order valence-corrected chi connectivity index (χ1v) is 5.33. The minimum atomic E-state index is -0.541. The van der Waals surface area contributed by atoms with Gasteiger partial charge in [0.2, 0.25) is 11.8 Å². The molecule has 0 aliphatic heterocycles. The van der Waals surface area contributed by atoms with Gasteiger partial charge >= 0.3 is 0 Å². The van der Waals surface area contributed by atoms with E-state index in [0.717, 1.165) is 0 Å². The van der Waals surface area contributed by atoms with Crippen LogP contribution in [0.25, 0.3) is 0 Å². The average molecular weight is 247 g/mol. The summed E-state index contributed by atoms with van der Waals surface area (Å²) in [6, 6.07) is 0. The van der Waals surface area contributed by atoms with E-state index in [2.05, 4.69) is 5.32 Å². The van der Waals surface area contributed by atoms with Gasteiger partial charge in [0, 0.05) is 6.54 Å². The second-order valence-electron chi connectivity index (χ2n) is 3.17. The van der Waals surface area contributed by atoms with E-state index in [0.29, 0.717) is 13.0 Å². The summed E-state index contributed by atoms with van der Waals surface area (Å²) in [5, 5.41) is 2.61. The SMILES string of the molecule is CCC(C(=O)NCCOCC(N)=O)C(N)=S. The van der Waals surface area contributed by atoms with Gasteiger partial charge in [0.1, 0.15) is 6.61 Å². The Hall–Kier alpha value is -1.21. The summed E-state index contributed by atoms with van der Waals surface area (Å²) in [7, 11) is 0. The molecule has 0 aliphatic rings. The molecule has 5 N–H and O–H groups in total. The number of carbonyl (C=O) groups excluding carboxylic acids is 2. The van der Waals surface area contributed by atoms with Crippen molar-refractivity contribution in [3.05, 3.63) is 0 Å². The number of carbonyl (C=O) groups is 2. The molecule has 92 valence electrons. The van der Waals surface area contributed by atoms with Gasteiger partial charge in [-0.2, -0.15) is 0 Å². The van der Waals surface area contributed by atoms with Gasteiger partial charge in [0.15, 0.2) is 0 Å². The molecule has 1 atom stereocenters. The van der Waals surface area contributed by atoms with Crippen molar-refractivity contribution < 1.29 is 14.3 Å². The summed E-state index contributed by atoms with van der Waals surface area (Å²) in [4.78, 5) is 22.0. The number of thiocarbonyl (C=S) groups is 1. The number of amides is 2. The highest BCUT2D eigenvalue weighted by molar-refractivity contribution is 7.80. The van der Waals surface area contributed by atoms with Crippen molar-refractivity contribution in [1.29, 1.82) is 0 Å². The molecule has 0 saturated heterocycles. The van der Waals surface area contributed by atoms with Crippen molar-refractivity contribution >= 4 is 29.0 Å². The molecule has 0 heterocycles. The summed E-state index contributed by atoms with van der Waals surface area (Å²) in [5.74, 6) is -1.22. The maximum Gasteiger partial charge on any atom is 0.243 e. The minimum absolute atomic E-state index is 0.150. The van der Waals surface area contributed by atoms with Crippen LogP contribution in [0.15, 0.2) is 0 Å². The summed E-state index contributed by atoms with van der Waals surface area (Å²) >= 11 is 4.75. The normalized spacial score (nSPS) is 11.8. The van der Waals surface area contributed by atoms with E-state index in [1.165, 1.54) is 0 Å². The number of hydrogen-bond acceptors (Lipinski definition) is 4. The molecule has 0 aromatic heterocycles. The minimum Gasteiger partial charge on any atom is -0.393 e. The van der Waals surface area contributed by atoms with Crippen molar-refractivity contribution in [2.45, 2.75) is 13.3 Å². The Bertz CT molecular complexity index is 271. The third-order valence-corrected chi connectivity index (χ3v) is 2.14. The lowest BCUT2D eigenvalue weighted by atomic mass is 10.1. The van der Waals surface area contributed by atoms with Gasteiger partial charge in [-0.15, -0.1) is 0 Å². The molecule has 0 aromatic rings. The maximum atomic E-state index is 11.5. The highest BCUT2D eigenvalue weighted by atomic mass is 32.1. The number of nitrogens with two attached hydrogens (primary N) is 2. The number of rotatable bonds is 8. The highest BCUT2D eigenvalue weighted by Gasteiger charge is 2.18. The molecule has 2 amide bonds. The molecule has 7 heteroatoms. The van der Waals surface area contributed by atoms with Crippen LogP contribution in [0.3, 0.4) is 0 Å². The Morgan fingerprint density at radius 1 is 1.44 bits per heavy atom. The van der Waals surface area contributed by atoms with Crippen molar-refractivity contribution in [1.82, 2.24) is 5.32 Å². The predicted molar refractivity (Wildman–Crippen MR) is 63.6 cm³/mol. The zero-order chi connectivity index (χ0) is 12.6. The van der Waals surface area contributed by atoms with E-state index in [1.807, 2.05) is 6.92 Å². The first-order valence-electron chi connectivity index (χ1n) is 4.92. The van der Waals surface area contributed by atoms with Crippen LogP contribution in [0.1, 0.15) is 13.3 Å². The fourth-order valence-electron chi connectivity index (χ4n) is 1.06. The Kier molecular flexibility index (Phi) is 7.40. The Balaban J connectivity index is 3.72. The van der Waals surface area contributed by atoms with Crippen LogP contribution in [0.5, 0.6) is 0 Å². The lowest BCUT2D eigenvalue weighted by molar-refractivity contribution is -0.123. The van der Waals surface area contributed by atoms with Crippen LogP contribution in [0.4, 0.5) is 0 Å². The monoisotopic (exact) mass is 247 g/mol. The molecule has 0 spiro atoms. The van der Waals surface area contributed by atoms with Crippen LogP contribution in [-0.4, -0.2) is 36.6 Å². The molecule has 0 aliphatic carbocycles. The van der Waals surface area contributed by atoms with Gasteiger partial charge in [0.25, 0.3) is 0 Å². The van der Waals surface area contributed by atoms with Crippen LogP contribution >= 0.6 is 12.2 Å². The molecule has 0 bridgehead atoms. The highest BCUT2D eigenvalue weighted by Crippen LogP contribution is 2.02. The molecule has 6 nitrogen and oxygen atoms in total. The number of hydrogen-bond donors (Lipinski definition) is 3. The van der Waals surface area contributed by atoms with Gasteiger partial charge in [0.05, 0.1) is 17.5 Å². The Morgan fingerprint density at radius 2 is 2.06 bits per heavy atom. The van der Waals surface area contributed by atoms with Crippen LogP contribution in [0, 0.1) is 5.92 Å². The van der Waals surface area contributed by atoms with Crippen LogP contribution < -0.4 is 16.8 Å². The van der Waals surface area contributed by atoms with E-state index < -0.39 is 11.8 Å². The predicted octanol–water partition coefficient (Wildman–Crippen LogP) is -1.08. The fraction of sp³-hybridized carbons (Fsp3) is 0.667. The van der Waals surface area contributed by atoms with E-state index in [-0.39, 0.29) is 24.1 Å². The van der Waals surface area contributed by atoms with E-state index >= 15 is 0 Å². The molecule has 0 fully saturated rings. The van der Waals surface area contributed by atoms with Gasteiger partial charge in [-0.05, 0) is 6.42 Å². The lowest BCUT2D eigenvalue weighted by Crippen LogP contribution is -2.39. The second kappa shape index (κ2) is 8.00. The first-order chi connectivity index (χ1) is 7.49. The quantitative estimate of drug-likeness (QED) is 0.373. The summed E-state index contributed by atoms with van der Waals surface area (Å²) in [6.07, 6.45) is 0.559. The van der Waals surface area contributed by atoms with E-state index in [1.54, 1.807) is 0 Å². The molecular weight excluding hydrogens is 230 g/mol. The first kappa shape index (κ1) is 14.8. The summed E-state index contributed by atoms with van der Waals surface area (Å²) in [5.41, 5.74) is 10.3. The van der Waals surface area contributed by atoms with Gasteiger partial charge in [-0.3, -0.25) is 9.59 Å². The second-order valence-corrected chi connectivity index (χ2v) is 3.64. The largest absolute Gasteiger partial charge is 0.393 e. The van der Waals surface area contributed by atoms with Crippen LogP contribution in [-0.2, 0) is 14.3 Å². The average Bonchev–Trinajstić information content (AvgIpc) is 2.17. The molecule has 1 unspecified atom stereocenters. The zero-order valence-corrected chi connectivity index (χ0v) is 10.0. The van der Waals surface area contributed by atoms with Crippen molar-refractivity contribution in [3.63, 3.8) is 0 Å². The van der Waals surface area contributed by atoms with Crippen LogP contribution in [0.2, 0.25) is 0 Å². The standard InChI is InChI=1S/C9H17N3O3S/c1-2-6(8(11)16)9(14)12-3-4-15-5-7(10)13/h6H,2-5H2,1H3,(H2,10,13)(H2,11,16)(H,12,14). The van der Waals surface area contributed by atoms with Crippen molar-refractivity contribution in [2.75, 3.05) is 19.8 Å². The third kappa shape index (κ3) is 6.31. The van der Waals surface area contributed by atoms with Crippen molar-refractivity contribution in [2.24, 2.45) is 17.4 Å². The molecular formula is C9H17N3O3S. The molecule has 0 aromatic carbocycles. The molecule has 0 saturated carbocycles. The van der Waals surface area contributed by atoms with Gasteiger partial charge < -0.3 is 21.5 Å². The Morgan fingerprint density at radius 3 is 2.50 bits per heavy atom. The topological polar surface area (TPSA) is 107 Å². The van der Waals surface area contributed by atoms with E-state index in [4.69, 9.17) is 28.4 Å². The fourth-order valence-corrected chi connectivity index (χ4v) is 1.33. The van der Waals surface area contributed by atoms with Gasteiger partial charge in [-0.1, -0.05) is 19.1 Å². The number of ether oxygens (including phenoxy) is 1. The maximum absolute atomic E-state index is 11.5. The van der Waals surface area contributed by atoms with E-state index in [9.17, 15) is 9.59 Å². The van der Waals surface area contributed by atoms with Gasteiger partial charge in [-0.25, -0.2) is 0 Å². The third-order valence-electron chi connectivity index (χ3n) is 1.86. The Labute approximate surface area is 99.7 Å². The summed E-state index contributed by atoms with van der Waals surface area (Å²) < 4.78 is 4.87. The van der Waals surface area contributed by atoms with Crippen molar-refractivity contribution in [3.8, 4) is 0 Å². The molecule has 0 rings (SSSR count). The summed E-state index contributed by atoms with van der Waals surface area (Å²) in [6.45, 7) is 2.20. The smallest absolute Gasteiger partial charge is 0.243 e. The number of primary amides is 1. The zero-order valence-electron chi connectivity index (χ0n) is 9.19. The molecule has 16 heavy (non-hydrogen) atoms.